The smallest absolute Gasteiger partial charge is 0.316 e. The molecule has 1 aliphatic rings. The Morgan fingerprint density at radius 2 is 1.69 bits per heavy atom. The summed E-state index contributed by atoms with van der Waals surface area (Å²) in [5.74, 6) is -0.120. The van der Waals surface area contributed by atoms with Crippen LogP contribution in [0.4, 0.5) is 0 Å². The highest BCUT2D eigenvalue weighted by Crippen LogP contribution is 2.19. The molecule has 1 saturated carbocycles. The Morgan fingerprint density at radius 1 is 1.15 bits per heavy atom. The summed E-state index contributed by atoms with van der Waals surface area (Å²) in [5, 5.41) is 0.323. The van der Waals surface area contributed by atoms with Gasteiger partial charge < -0.3 is 4.74 Å². The van der Waals surface area contributed by atoms with Crippen LogP contribution in [0.2, 0.25) is 0 Å². The maximum Gasteiger partial charge on any atom is 0.316 e. The van der Waals surface area contributed by atoms with Crippen LogP contribution in [-0.4, -0.2) is 17.4 Å². The molecule has 2 nitrogen and oxygen atoms in total. The fourth-order valence-electron chi connectivity index (χ4n) is 1.75. The lowest BCUT2D eigenvalue weighted by Crippen LogP contribution is -2.19. The van der Waals surface area contributed by atoms with Gasteiger partial charge in [0.1, 0.15) is 11.4 Å². The van der Waals surface area contributed by atoms with E-state index in [0.717, 1.165) is 12.8 Å². The molecule has 0 bridgehead atoms. The van der Waals surface area contributed by atoms with Gasteiger partial charge in [-0.1, -0.05) is 35.2 Å². The second kappa shape index (κ2) is 6.41. The third kappa shape index (κ3) is 4.65. The van der Waals surface area contributed by atoms with Gasteiger partial charge in [0.2, 0.25) is 0 Å². The van der Waals surface area contributed by atoms with Crippen molar-refractivity contribution in [2.45, 2.75) is 51.0 Å². The van der Waals surface area contributed by atoms with E-state index in [2.05, 4.69) is 15.9 Å². The van der Waals surface area contributed by atoms with E-state index in [1.807, 2.05) is 0 Å². The molecule has 0 aromatic rings. The zero-order valence-corrected chi connectivity index (χ0v) is 9.51. The van der Waals surface area contributed by atoms with Gasteiger partial charge in [-0.15, -0.1) is 0 Å². The van der Waals surface area contributed by atoms with Crippen LogP contribution in [0.1, 0.15) is 44.9 Å². The summed E-state index contributed by atoms with van der Waals surface area (Å²) in [7, 11) is 0. The molecule has 1 rings (SSSR count). The first-order valence-corrected chi connectivity index (χ1v) is 6.20. The number of carbonyl (C=O) groups excluding carboxylic acids is 1. The van der Waals surface area contributed by atoms with Crippen molar-refractivity contribution in [1.82, 2.24) is 0 Å². The van der Waals surface area contributed by atoms with Gasteiger partial charge in [-0.3, -0.25) is 4.79 Å². The van der Waals surface area contributed by atoms with Crippen molar-refractivity contribution in [2.24, 2.45) is 0 Å². The van der Waals surface area contributed by atoms with Crippen molar-refractivity contribution in [2.75, 3.05) is 5.33 Å². The molecule has 0 aromatic heterocycles. The van der Waals surface area contributed by atoms with Gasteiger partial charge in [-0.2, -0.15) is 0 Å². The molecule has 76 valence electrons. The number of esters is 1. The molecule has 0 aromatic carbocycles. The van der Waals surface area contributed by atoms with Gasteiger partial charge in [-0.25, -0.2) is 0 Å². The van der Waals surface area contributed by atoms with Crippen LogP contribution < -0.4 is 0 Å². The van der Waals surface area contributed by atoms with E-state index >= 15 is 0 Å². The summed E-state index contributed by atoms with van der Waals surface area (Å²) in [5.41, 5.74) is 0. The maximum absolute atomic E-state index is 11.0. The highest BCUT2D eigenvalue weighted by Gasteiger charge is 2.14. The molecule has 0 unspecified atom stereocenters. The van der Waals surface area contributed by atoms with Crippen molar-refractivity contribution in [3.05, 3.63) is 0 Å². The fourth-order valence-corrected chi connectivity index (χ4v) is 1.89. The molecule has 0 aliphatic heterocycles. The molecule has 0 spiro atoms. The molecular weight excluding hydrogens is 232 g/mol. The summed E-state index contributed by atoms with van der Waals surface area (Å²) in [6.45, 7) is 0. The van der Waals surface area contributed by atoms with Crippen LogP contribution in [0, 0.1) is 0 Å². The topological polar surface area (TPSA) is 26.3 Å². The second-order valence-corrected chi connectivity index (χ2v) is 4.15. The Hall–Kier alpha value is -0.0500. The Kier molecular flexibility index (Phi) is 5.44. The third-order valence-corrected chi connectivity index (χ3v) is 2.92. The molecule has 13 heavy (non-hydrogen) atoms. The number of rotatable bonds is 2. The lowest BCUT2D eigenvalue weighted by molar-refractivity contribution is -0.146. The van der Waals surface area contributed by atoms with E-state index in [1.54, 1.807) is 0 Å². The number of hydrogen-bond acceptors (Lipinski definition) is 2. The normalized spacial score (nSPS) is 20.4. The number of alkyl halides is 1. The van der Waals surface area contributed by atoms with Crippen molar-refractivity contribution in [1.29, 1.82) is 0 Å². The van der Waals surface area contributed by atoms with Gasteiger partial charge in [-0.05, 0) is 25.7 Å². The van der Waals surface area contributed by atoms with Crippen LogP contribution in [0.25, 0.3) is 0 Å². The largest absolute Gasteiger partial charge is 0.462 e. The molecule has 1 aliphatic carbocycles. The molecular formula is C10H17BrO2. The fraction of sp³-hybridized carbons (Fsp3) is 0.900. The number of hydrogen-bond donors (Lipinski definition) is 0. The van der Waals surface area contributed by atoms with Crippen LogP contribution >= 0.6 is 15.9 Å². The monoisotopic (exact) mass is 248 g/mol. The molecule has 0 N–H and O–H groups in total. The predicted octanol–water partition coefficient (Wildman–Crippen LogP) is 3.04. The van der Waals surface area contributed by atoms with Crippen LogP contribution in [0.15, 0.2) is 0 Å². The third-order valence-electron chi connectivity index (χ3n) is 2.46. The minimum Gasteiger partial charge on any atom is -0.462 e. The highest BCUT2D eigenvalue weighted by molar-refractivity contribution is 9.09. The van der Waals surface area contributed by atoms with Crippen LogP contribution in [-0.2, 0) is 9.53 Å². The predicted molar refractivity (Wildman–Crippen MR) is 56.0 cm³/mol. The van der Waals surface area contributed by atoms with Crippen molar-refractivity contribution in [3.63, 3.8) is 0 Å². The summed E-state index contributed by atoms with van der Waals surface area (Å²) in [6.07, 6.45) is 8.65. The SMILES string of the molecule is O=C(CBr)OC1CCCCCCC1. The van der Waals surface area contributed by atoms with Crippen molar-refractivity contribution < 1.29 is 9.53 Å². The van der Waals surface area contributed by atoms with Gasteiger partial charge in [0.05, 0.1) is 0 Å². The quantitative estimate of drug-likeness (QED) is 0.555. The average molecular weight is 249 g/mol. The van der Waals surface area contributed by atoms with E-state index in [-0.39, 0.29) is 12.1 Å². The summed E-state index contributed by atoms with van der Waals surface area (Å²) >= 11 is 3.10. The average Bonchev–Trinajstić information content (AvgIpc) is 2.09. The second-order valence-electron chi connectivity index (χ2n) is 3.59. The molecule has 0 heterocycles. The molecule has 0 saturated heterocycles. The standard InChI is InChI=1S/C10H17BrO2/c11-8-10(12)13-9-6-4-2-1-3-5-7-9/h9H,1-8H2. The van der Waals surface area contributed by atoms with Crippen LogP contribution in [0.3, 0.4) is 0 Å². The Balaban J connectivity index is 2.25. The molecule has 0 amide bonds. The van der Waals surface area contributed by atoms with Gasteiger partial charge in [0, 0.05) is 0 Å². The molecule has 3 heteroatoms. The van der Waals surface area contributed by atoms with E-state index in [1.165, 1.54) is 32.1 Å². The maximum atomic E-state index is 11.0. The lowest BCUT2D eigenvalue weighted by Gasteiger charge is -2.19. The number of halogens is 1. The van der Waals surface area contributed by atoms with E-state index in [9.17, 15) is 4.79 Å². The van der Waals surface area contributed by atoms with Crippen molar-refractivity contribution >= 4 is 21.9 Å². The molecule has 1 fully saturated rings. The first kappa shape index (κ1) is 11.0. The Bertz CT molecular complexity index is 151. The van der Waals surface area contributed by atoms with Gasteiger partial charge in [0.15, 0.2) is 0 Å². The first-order chi connectivity index (χ1) is 6.33. The van der Waals surface area contributed by atoms with Crippen molar-refractivity contribution in [3.8, 4) is 0 Å². The Labute approximate surface area is 88.2 Å². The first-order valence-electron chi connectivity index (χ1n) is 5.08. The number of ether oxygens (including phenoxy) is 1. The zero-order valence-electron chi connectivity index (χ0n) is 7.93. The summed E-state index contributed by atoms with van der Waals surface area (Å²) in [4.78, 5) is 11.0. The highest BCUT2D eigenvalue weighted by atomic mass is 79.9. The minimum atomic E-state index is -0.120. The minimum absolute atomic E-state index is 0.120. The van der Waals surface area contributed by atoms with Crippen LogP contribution in [0.5, 0.6) is 0 Å². The Morgan fingerprint density at radius 3 is 2.23 bits per heavy atom. The van der Waals surface area contributed by atoms with Gasteiger partial charge >= 0.3 is 5.97 Å². The summed E-state index contributed by atoms with van der Waals surface area (Å²) in [6, 6.07) is 0. The van der Waals surface area contributed by atoms with Gasteiger partial charge in [0.25, 0.3) is 0 Å². The van der Waals surface area contributed by atoms with E-state index in [0.29, 0.717) is 5.33 Å². The molecule has 0 atom stereocenters. The zero-order chi connectivity index (χ0) is 9.52. The van der Waals surface area contributed by atoms with E-state index in [4.69, 9.17) is 4.74 Å². The van der Waals surface area contributed by atoms with E-state index < -0.39 is 0 Å². The summed E-state index contributed by atoms with van der Waals surface area (Å²) < 4.78 is 5.29. The number of carbonyl (C=O) groups is 1. The lowest BCUT2D eigenvalue weighted by atomic mass is 9.99. The molecule has 0 radical (unpaired) electrons.